The fraction of sp³-hybridized carbons (Fsp3) is 0.588. The van der Waals surface area contributed by atoms with Crippen LogP contribution in [0.25, 0.3) is 0 Å². The molecule has 0 aliphatic heterocycles. The first-order valence-electron chi connectivity index (χ1n) is 8.04. The van der Waals surface area contributed by atoms with E-state index in [4.69, 9.17) is 20.2 Å². The lowest BCUT2D eigenvalue weighted by Crippen LogP contribution is -2.61. The summed E-state index contributed by atoms with van der Waals surface area (Å²) in [7, 11) is 1.65. The highest BCUT2D eigenvalue weighted by molar-refractivity contribution is 5.92. The maximum atomic E-state index is 6.07. The number of ether oxygens (including phenoxy) is 2. The third-order valence-electron chi connectivity index (χ3n) is 5.05. The van der Waals surface area contributed by atoms with Gasteiger partial charge in [-0.05, 0) is 50.5 Å². The van der Waals surface area contributed by atoms with Crippen LogP contribution in [-0.4, -0.2) is 31.8 Å². The van der Waals surface area contributed by atoms with Gasteiger partial charge in [-0.3, -0.25) is 0 Å². The molecule has 3 N–H and O–H groups in total. The maximum Gasteiger partial charge on any atom is 0.193 e. The van der Waals surface area contributed by atoms with Gasteiger partial charge in [-0.15, -0.1) is 0 Å². The van der Waals surface area contributed by atoms with Gasteiger partial charge in [-0.1, -0.05) is 6.42 Å². The molecule has 3 rings (SSSR count). The molecule has 0 saturated heterocycles. The molecule has 120 valence electrons. The van der Waals surface area contributed by atoms with E-state index in [0.717, 1.165) is 24.5 Å². The predicted octanol–water partition coefficient (Wildman–Crippen LogP) is 2.77. The van der Waals surface area contributed by atoms with Crippen LogP contribution in [-0.2, 0) is 4.74 Å². The number of hydrogen-bond acceptors (Lipinski definition) is 3. The first kappa shape index (κ1) is 15.2. The van der Waals surface area contributed by atoms with Gasteiger partial charge in [0.2, 0.25) is 0 Å². The molecule has 0 amide bonds. The smallest absolute Gasteiger partial charge is 0.193 e. The third-order valence-corrected chi connectivity index (χ3v) is 5.05. The van der Waals surface area contributed by atoms with Crippen LogP contribution in [0.3, 0.4) is 0 Å². The Labute approximate surface area is 131 Å². The highest BCUT2D eigenvalue weighted by Gasteiger charge is 2.59. The number of guanidine groups is 1. The summed E-state index contributed by atoms with van der Waals surface area (Å²) in [5.41, 5.74) is 7.25. The summed E-state index contributed by atoms with van der Waals surface area (Å²) < 4.78 is 11.0. The molecule has 0 heterocycles. The van der Waals surface area contributed by atoms with Crippen molar-refractivity contribution in [3.63, 3.8) is 0 Å². The van der Waals surface area contributed by atoms with Crippen molar-refractivity contribution in [1.29, 1.82) is 0 Å². The lowest BCUT2D eigenvalue weighted by atomic mass is 9.51. The van der Waals surface area contributed by atoms with Crippen molar-refractivity contribution in [1.82, 2.24) is 0 Å². The van der Waals surface area contributed by atoms with Gasteiger partial charge in [-0.25, -0.2) is 4.99 Å². The average molecular weight is 303 g/mol. The molecule has 0 bridgehead atoms. The van der Waals surface area contributed by atoms with Crippen molar-refractivity contribution in [2.75, 3.05) is 19.0 Å². The summed E-state index contributed by atoms with van der Waals surface area (Å²) in [5.74, 6) is 1.31. The number of nitrogens with zero attached hydrogens (tertiary/aromatic N) is 1. The molecule has 1 aromatic carbocycles. The van der Waals surface area contributed by atoms with Gasteiger partial charge in [0.05, 0.1) is 19.3 Å². The average Bonchev–Trinajstić information content (AvgIpc) is 2.45. The summed E-state index contributed by atoms with van der Waals surface area (Å²) in [6.45, 7) is 2.84. The second-order valence-electron chi connectivity index (χ2n) is 6.15. The van der Waals surface area contributed by atoms with Gasteiger partial charge in [0.15, 0.2) is 5.96 Å². The number of benzene rings is 1. The van der Waals surface area contributed by atoms with Crippen LogP contribution >= 0.6 is 0 Å². The number of aliphatic imine (C=N–C) groups is 1. The molecular weight excluding hydrogens is 278 g/mol. The van der Waals surface area contributed by atoms with Crippen molar-refractivity contribution in [3.05, 3.63) is 24.3 Å². The molecule has 1 spiro atoms. The van der Waals surface area contributed by atoms with E-state index in [1.807, 2.05) is 24.3 Å². The van der Waals surface area contributed by atoms with E-state index in [0.29, 0.717) is 18.1 Å². The minimum atomic E-state index is 0.252. The summed E-state index contributed by atoms with van der Waals surface area (Å²) >= 11 is 0. The molecule has 0 aromatic heterocycles. The molecule has 2 aliphatic rings. The first-order valence-corrected chi connectivity index (χ1v) is 8.04. The van der Waals surface area contributed by atoms with Crippen LogP contribution in [0.15, 0.2) is 29.3 Å². The Bertz CT molecular complexity index is 537. The molecule has 5 heteroatoms. The Morgan fingerprint density at radius 3 is 2.64 bits per heavy atom. The minimum absolute atomic E-state index is 0.252. The van der Waals surface area contributed by atoms with Gasteiger partial charge in [0.1, 0.15) is 5.75 Å². The van der Waals surface area contributed by atoms with Crippen molar-refractivity contribution < 1.29 is 9.47 Å². The number of anilines is 1. The third kappa shape index (κ3) is 2.65. The van der Waals surface area contributed by atoms with Gasteiger partial charge in [-0.2, -0.15) is 0 Å². The second kappa shape index (κ2) is 6.16. The first-order chi connectivity index (χ1) is 10.7. The van der Waals surface area contributed by atoms with Crippen molar-refractivity contribution in [3.8, 4) is 5.75 Å². The van der Waals surface area contributed by atoms with Crippen LogP contribution in [0.5, 0.6) is 5.75 Å². The predicted molar refractivity (Wildman–Crippen MR) is 88.3 cm³/mol. The zero-order valence-electron chi connectivity index (χ0n) is 13.3. The largest absolute Gasteiger partial charge is 0.497 e. The summed E-state index contributed by atoms with van der Waals surface area (Å²) in [5, 5.41) is 3.16. The van der Waals surface area contributed by atoms with Crippen LogP contribution in [0.1, 0.15) is 32.6 Å². The van der Waals surface area contributed by atoms with Gasteiger partial charge in [0, 0.05) is 17.7 Å². The molecule has 2 saturated carbocycles. The number of nitrogens with two attached hydrogens (primary N) is 1. The molecule has 1 aromatic rings. The normalized spacial score (nSPS) is 26.2. The molecule has 22 heavy (non-hydrogen) atoms. The Balaban J connectivity index is 1.62. The molecule has 2 fully saturated rings. The Kier molecular flexibility index (Phi) is 4.25. The van der Waals surface area contributed by atoms with Crippen LogP contribution in [0.2, 0.25) is 0 Å². The fourth-order valence-electron chi connectivity index (χ4n) is 3.61. The van der Waals surface area contributed by atoms with E-state index in [1.54, 1.807) is 7.11 Å². The second-order valence-corrected chi connectivity index (χ2v) is 6.15. The van der Waals surface area contributed by atoms with E-state index in [2.05, 4.69) is 12.2 Å². The molecule has 5 nitrogen and oxygen atoms in total. The van der Waals surface area contributed by atoms with Crippen LogP contribution in [0.4, 0.5) is 5.69 Å². The van der Waals surface area contributed by atoms with E-state index in [1.165, 1.54) is 19.3 Å². The number of hydrogen-bond donors (Lipinski definition) is 2. The van der Waals surface area contributed by atoms with E-state index in [9.17, 15) is 0 Å². The lowest BCUT2D eigenvalue weighted by molar-refractivity contribution is -0.162. The topological polar surface area (TPSA) is 68.9 Å². The summed E-state index contributed by atoms with van der Waals surface area (Å²) in [6.07, 6.45) is 5.05. The minimum Gasteiger partial charge on any atom is -0.497 e. The molecular formula is C17H25N3O2. The highest BCUT2D eigenvalue weighted by Crippen LogP contribution is 2.58. The standard InChI is InChI=1S/C17H25N3O2/c1-3-22-15-11-14(17(15)9-4-10-17)20-16(18)19-12-5-7-13(21-2)8-6-12/h5-8,14-15H,3-4,9-11H2,1-2H3,(H3,18,19,20). The van der Waals surface area contributed by atoms with Gasteiger partial charge >= 0.3 is 0 Å². The van der Waals surface area contributed by atoms with Gasteiger partial charge < -0.3 is 20.5 Å². The van der Waals surface area contributed by atoms with Crippen molar-refractivity contribution in [2.45, 2.75) is 44.8 Å². The lowest BCUT2D eigenvalue weighted by Gasteiger charge is -2.59. The van der Waals surface area contributed by atoms with Crippen LogP contribution in [0, 0.1) is 5.41 Å². The maximum absolute atomic E-state index is 6.07. The SMILES string of the molecule is CCOC1CC(N=C(N)Nc2ccc(OC)cc2)C12CCC2. The Hall–Kier alpha value is -1.75. The monoisotopic (exact) mass is 303 g/mol. The van der Waals surface area contributed by atoms with Crippen LogP contribution < -0.4 is 15.8 Å². The number of nitrogens with one attached hydrogen (secondary N) is 1. The fourth-order valence-corrected chi connectivity index (χ4v) is 3.61. The summed E-state index contributed by atoms with van der Waals surface area (Å²) in [6, 6.07) is 7.96. The van der Waals surface area contributed by atoms with Crippen molar-refractivity contribution >= 4 is 11.6 Å². The highest BCUT2D eigenvalue weighted by atomic mass is 16.5. The Morgan fingerprint density at radius 2 is 2.09 bits per heavy atom. The van der Waals surface area contributed by atoms with E-state index < -0.39 is 0 Å². The number of rotatable bonds is 5. The quantitative estimate of drug-likeness (QED) is 0.648. The number of methoxy groups -OCH3 is 1. The molecule has 0 radical (unpaired) electrons. The zero-order valence-corrected chi connectivity index (χ0v) is 13.3. The van der Waals surface area contributed by atoms with E-state index >= 15 is 0 Å². The molecule has 2 aliphatic carbocycles. The zero-order chi connectivity index (χ0) is 15.6. The molecule has 2 unspecified atom stereocenters. The Morgan fingerprint density at radius 1 is 1.36 bits per heavy atom. The van der Waals surface area contributed by atoms with Gasteiger partial charge in [0.25, 0.3) is 0 Å². The van der Waals surface area contributed by atoms with E-state index in [-0.39, 0.29) is 5.41 Å². The summed E-state index contributed by atoms with van der Waals surface area (Å²) in [4.78, 5) is 4.70. The molecule has 2 atom stereocenters. The van der Waals surface area contributed by atoms with Crippen molar-refractivity contribution in [2.24, 2.45) is 16.1 Å².